The lowest BCUT2D eigenvalue weighted by molar-refractivity contribution is -0.0167. The second kappa shape index (κ2) is 8.02. The van der Waals surface area contributed by atoms with Crippen LogP contribution in [0.1, 0.15) is 50.6 Å². The van der Waals surface area contributed by atoms with E-state index in [4.69, 9.17) is 16.3 Å². The zero-order chi connectivity index (χ0) is 14.4. The van der Waals surface area contributed by atoms with Crippen LogP contribution in [0, 0.1) is 5.92 Å². The van der Waals surface area contributed by atoms with Gasteiger partial charge < -0.3 is 10.1 Å². The fraction of sp³-hybridized carbons (Fsp3) is 0.647. The van der Waals surface area contributed by atoms with Crippen LogP contribution in [0.15, 0.2) is 24.3 Å². The fourth-order valence-electron chi connectivity index (χ4n) is 3.38. The van der Waals surface area contributed by atoms with E-state index in [0.717, 1.165) is 17.2 Å². The standard InChI is InChI=1S/C17H26ClNO/c1-3-20-17(13-9-5-4-6-10-13)16(19-2)14-11-7-8-12-15(14)18/h7-8,11-13,16-17,19H,3-6,9-10H2,1-2H3. The van der Waals surface area contributed by atoms with E-state index in [1.807, 2.05) is 19.2 Å². The molecule has 2 atom stereocenters. The van der Waals surface area contributed by atoms with E-state index in [2.05, 4.69) is 24.4 Å². The van der Waals surface area contributed by atoms with Gasteiger partial charge >= 0.3 is 0 Å². The summed E-state index contributed by atoms with van der Waals surface area (Å²) < 4.78 is 6.12. The van der Waals surface area contributed by atoms with Gasteiger partial charge in [0.25, 0.3) is 0 Å². The highest BCUT2D eigenvalue weighted by atomic mass is 35.5. The minimum atomic E-state index is 0.173. The minimum absolute atomic E-state index is 0.173. The third kappa shape index (κ3) is 3.75. The summed E-state index contributed by atoms with van der Waals surface area (Å²) in [6.07, 6.45) is 6.78. The first-order valence-corrected chi connectivity index (χ1v) is 8.19. The topological polar surface area (TPSA) is 21.3 Å². The quantitative estimate of drug-likeness (QED) is 0.829. The highest BCUT2D eigenvalue weighted by Gasteiger charge is 2.32. The zero-order valence-corrected chi connectivity index (χ0v) is 13.3. The molecule has 0 radical (unpaired) electrons. The van der Waals surface area contributed by atoms with Crippen LogP contribution >= 0.6 is 11.6 Å². The maximum absolute atomic E-state index is 6.39. The van der Waals surface area contributed by atoms with Gasteiger partial charge in [-0.3, -0.25) is 0 Å². The molecular weight excluding hydrogens is 270 g/mol. The van der Waals surface area contributed by atoms with Gasteiger partial charge in [0.1, 0.15) is 0 Å². The third-order valence-electron chi connectivity index (χ3n) is 4.35. The van der Waals surface area contributed by atoms with Gasteiger partial charge in [-0.2, -0.15) is 0 Å². The Morgan fingerprint density at radius 1 is 1.25 bits per heavy atom. The molecule has 1 saturated carbocycles. The van der Waals surface area contributed by atoms with Gasteiger partial charge in [0.15, 0.2) is 0 Å². The van der Waals surface area contributed by atoms with Gasteiger partial charge in [0.05, 0.1) is 12.1 Å². The van der Waals surface area contributed by atoms with E-state index in [-0.39, 0.29) is 12.1 Å². The Morgan fingerprint density at radius 2 is 1.95 bits per heavy atom. The summed E-state index contributed by atoms with van der Waals surface area (Å²) in [6.45, 7) is 2.83. The molecule has 0 bridgehead atoms. The van der Waals surface area contributed by atoms with Gasteiger partial charge in [-0.1, -0.05) is 49.1 Å². The Morgan fingerprint density at radius 3 is 2.55 bits per heavy atom. The van der Waals surface area contributed by atoms with Crippen LogP contribution in [-0.2, 0) is 4.74 Å². The molecule has 0 heterocycles. The third-order valence-corrected chi connectivity index (χ3v) is 4.70. The van der Waals surface area contributed by atoms with E-state index >= 15 is 0 Å². The Hall–Kier alpha value is -0.570. The first-order valence-electron chi connectivity index (χ1n) is 7.81. The van der Waals surface area contributed by atoms with Crippen molar-refractivity contribution in [2.75, 3.05) is 13.7 Å². The number of hydrogen-bond donors (Lipinski definition) is 1. The average Bonchev–Trinajstić information content (AvgIpc) is 2.50. The van der Waals surface area contributed by atoms with E-state index in [1.54, 1.807) is 0 Å². The highest BCUT2D eigenvalue weighted by molar-refractivity contribution is 6.31. The number of halogens is 1. The second-order valence-corrected chi connectivity index (χ2v) is 6.01. The minimum Gasteiger partial charge on any atom is -0.376 e. The van der Waals surface area contributed by atoms with Crippen molar-refractivity contribution in [3.8, 4) is 0 Å². The molecular formula is C17H26ClNO. The molecule has 0 saturated heterocycles. The molecule has 2 unspecified atom stereocenters. The van der Waals surface area contributed by atoms with E-state index in [1.165, 1.54) is 32.1 Å². The van der Waals surface area contributed by atoms with Gasteiger partial charge in [-0.15, -0.1) is 0 Å². The van der Waals surface area contributed by atoms with Gasteiger partial charge in [0.2, 0.25) is 0 Å². The number of ether oxygens (including phenoxy) is 1. The molecule has 0 aromatic heterocycles. The summed E-state index contributed by atoms with van der Waals surface area (Å²) in [5.74, 6) is 0.637. The van der Waals surface area contributed by atoms with Crippen molar-refractivity contribution in [1.82, 2.24) is 5.32 Å². The van der Waals surface area contributed by atoms with E-state index in [9.17, 15) is 0 Å². The van der Waals surface area contributed by atoms with Crippen LogP contribution in [0.2, 0.25) is 5.02 Å². The molecule has 0 amide bonds. The predicted molar refractivity (Wildman–Crippen MR) is 85.2 cm³/mol. The van der Waals surface area contributed by atoms with Crippen molar-refractivity contribution in [1.29, 1.82) is 0 Å². The van der Waals surface area contributed by atoms with Crippen molar-refractivity contribution in [2.45, 2.75) is 51.2 Å². The molecule has 1 aliphatic carbocycles. The Balaban J connectivity index is 2.22. The number of likely N-dealkylation sites (N-methyl/N-ethyl adjacent to an activating group) is 1. The van der Waals surface area contributed by atoms with Crippen molar-refractivity contribution in [3.05, 3.63) is 34.9 Å². The molecule has 0 aliphatic heterocycles. The van der Waals surface area contributed by atoms with Crippen molar-refractivity contribution in [2.24, 2.45) is 5.92 Å². The molecule has 1 fully saturated rings. The fourth-order valence-corrected chi connectivity index (χ4v) is 3.64. The molecule has 0 spiro atoms. The maximum atomic E-state index is 6.39. The molecule has 20 heavy (non-hydrogen) atoms. The van der Waals surface area contributed by atoms with Crippen LogP contribution in [0.4, 0.5) is 0 Å². The normalized spacial score (nSPS) is 19.8. The monoisotopic (exact) mass is 295 g/mol. The van der Waals surface area contributed by atoms with Gasteiger partial charge in [0, 0.05) is 11.6 Å². The average molecular weight is 296 g/mol. The summed E-state index contributed by atoms with van der Waals surface area (Å²) in [6, 6.07) is 8.28. The lowest BCUT2D eigenvalue weighted by Gasteiger charge is -2.36. The lowest BCUT2D eigenvalue weighted by Crippen LogP contribution is -2.38. The highest BCUT2D eigenvalue weighted by Crippen LogP contribution is 2.36. The maximum Gasteiger partial charge on any atom is 0.0798 e. The lowest BCUT2D eigenvalue weighted by atomic mass is 9.81. The Bertz CT molecular complexity index is 404. The molecule has 1 aromatic rings. The summed E-state index contributed by atoms with van der Waals surface area (Å²) in [4.78, 5) is 0. The first-order chi connectivity index (χ1) is 9.77. The zero-order valence-electron chi connectivity index (χ0n) is 12.6. The number of nitrogens with one attached hydrogen (secondary N) is 1. The van der Waals surface area contributed by atoms with Gasteiger partial charge in [-0.05, 0) is 44.4 Å². The van der Waals surface area contributed by atoms with Crippen LogP contribution < -0.4 is 5.32 Å². The second-order valence-electron chi connectivity index (χ2n) is 5.61. The van der Waals surface area contributed by atoms with E-state index < -0.39 is 0 Å². The Labute approximate surface area is 127 Å². The molecule has 3 heteroatoms. The molecule has 112 valence electrons. The smallest absolute Gasteiger partial charge is 0.0798 e. The van der Waals surface area contributed by atoms with E-state index in [0.29, 0.717) is 5.92 Å². The molecule has 1 aromatic carbocycles. The summed E-state index contributed by atoms with van der Waals surface area (Å²) in [5, 5.41) is 4.26. The number of rotatable bonds is 6. The largest absolute Gasteiger partial charge is 0.376 e. The number of benzene rings is 1. The molecule has 1 N–H and O–H groups in total. The molecule has 1 aliphatic rings. The van der Waals surface area contributed by atoms with Crippen molar-refractivity contribution < 1.29 is 4.74 Å². The van der Waals surface area contributed by atoms with Gasteiger partial charge in [-0.25, -0.2) is 0 Å². The van der Waals surface area contributed by atoms with Crippen molar-refractivity contribution >= 4 is 11.6 Å². The first kappa shape index (κ1) is 15.8. The summed E-state index contributed by atoms with van der Waals surface area (Å²) >= 11 is 6.39. The summed E-state index contributed by atoms with van der Waals surface area (Å²) in [7, 11) is 2.00. The predicted octanol–water partition coefficient (Wildman–Crippen LogP) is 4.59. The summed E-state index contributed by atoms with van der Waals surface area (Å²) in [5.41, 5.74) is 1.15. The van der Waals surface area contributed by atoms with Crippen molar-refractivity contribution in [3.63, 3.8) is 0 Å². The SMILES string of the molecule is CCOC(C1CCCCC1)C(NC)c1ccccc1Cl. The molecule has 2 rings (SSSR count). The van der Waals surface area contributed by atoms with Crippen LogP contribution in [-0.4, -0.2) is 19.8 Å². The number of hydrogen-bond acceptors (Lipinski definition) is 2. The van der Waals surface area contributed by atoms with Crippen LogP contribution in [0.5, 0.6) is 0 Å². The molecule has 2 nitrogen and oxygen atoms in total. The van der Waals surface area contributed by atoms with Crippen LogP contribution in [0.3, 0.4) is 0 Å². The Kier molecular flexibility index (Phi) is 6.34. The van der Waals surface area contributed by atoms with Crippen LogP contribution in [0.25, 0.3) is 0 Å².